The van der Waals surface area contributed by atoms with Crippen molar-refractivity contribution in [3.63, 3.8) is 0 Å². The SMILES string of the molecule is CC(NC(=O)CCCc1cccs1)c1ccc2c(c1)OCCO2. The van der Waals surface area contributed by atoms with Crippen molar-refractivity contribution in [2.75, 3.05) is 13.2 Å². The summed E-state index contributed by atoms with van der Waals surface area (Å²) in [6, 6.07) is 9.95. The van der Waals surface area contributed by atoms with Crippen LogP contribution in [0.1, 0.15) is 36.2 Å². The monoisotopic (exact) mass is 331 g/mol. The molecule has 0 aliphatic carbocycles. The third kappa shape index (κ3) is 4.26. The van der Waals surface area contributed by atoms with Gasteiger partial charge in [0.2, 0.25) is 5.91 Å². The van der Waals surface area contributed by atoms with Crippen LogP contribution in [0.2, 0.25) is 0 Å². The van der Waals surface area contributed by atoms with Crippen LogP contribution in [0, 0.1) is 0 Å². The van der Waals surface area contributed by atoms with E-state index < -0.39 is 0 Å². The van der Waals surface area contributed by atoms with Crippen molar-refractivity contribution < 1.29 is 14.3 Å². The molecule has 2 aromatic rings. The third-order valence-electron chi connectivity index (χ3n) is 3.85. The van der Waals surface area contributed by atoms with Crippen molar-refractivity contribution in [2.24, 2.45) is 0 Å². The molecule has 0 saturated heterocycles. The summed E-state index contributed by atoms with van der Waals surface area (Å²) in [5, 5.41) is 5.12. The van der Waals surface area contributed by atoms with Crippen LogP contribution in [0.25, 0.3) is 0 Å². The normalized spacial score (nSPS) is 14.3. The Labute approximate surface area is 140 Å². The first kappa shape index (κ1) is 15.9. The number of hydrogen-bond donors (Lipinski definition) is 1. The largest absolute Gasteiger partial charge is 0.486 e. The molecule has 1 aromatic heterocycles. The maximum Gasteiger partial charge on any atom is 0.220 e. The number of ether oxygens (including phenoxy) is 2. The number of rotatable bonds is 6. The number of amides is 1. The molecule has 1 aliphatic rings. The van der Waals surface area contributed by atoms with Gasteiger partial charge in [-0.05, 0) is 48.9 Å². The number of benzene rings is 1. The summed E-state index contributed by atoms with van der Waals surface area (Å²) in [6.07, 6.45) is 2.39. The molecule has 1 aromatic carbocycles. The molecule has 1 unspecified atom stereocenters. The molecule has 5 heteroatoms. The summed E-state index contributed by atoms with van der Waals surface area (Å²) >= 11 is 1.74. The standard InChI is InChI=1S/C18H21NO3S/c1-13(14-7-8-16-17(12-14)22-10-9-21-16)19-18(20)6-2-4-15-5-3-11-23-15/h3,5,7-8,11-13H,2,4,6,9-10H2,1H3,(H,19,20). The van der Waals surface area contributed by atoms with Gasteiger partial charge in [-0.25, -0.2) is 0 Å². The predicted molar refractivity (Wildman–Crippen MR) is 91.2 cm³/mol. The Bertz CT molecular complexity index is 654. The highest BCUT2D eigenvalue weighted by molar-refractivity contribution is 7.09. The predicted octanol–water partition coefficient (Wildman–Crippen LogP) is 3.72. The molecule has 2 heterocycles. The van der Waals surface area contributed by atoms with E-state index in [9.17, 15) is 4.79 Å². The van der Waals surface area contributed by atoms with E-state index in [1.807, 2.05) is 31.2 Å². The zero-order valence-corrected chi connectivity index (χ0v) is 14.0. The Balaban J connectivity index is 1.50. The molecule has 1 atom stereocenters. The van der Waals surface area contributed by atoms with Gasteiger partial charge in [-0.2, -0.15) is 0 Å². The van der Waals surface area contributed by atoms with Crippen LogP contribution < -0.4 is 14.8 Å². The molecule has 1 N–H and O–H groups in total. The van der Waals surface area contributed by atoms with E-state index in [1.165, 1.54) is 4.88 Å². The van der Waals surface area contributed by atoms with Crippen LogP contribution in [-0.2, 0) is 11.2 Å². The fraction of sp³-hybridized carbons (Fsp3) is 0.389. The van der Waals surface area contributed by atoms with E-state index in [0.717, 1.165) is 29.9 Å². The molecular formula is C18H21NO3S. The maximum atomic E-state index is 12.1. The number of thiophene rings is 1. The Morgan fingerprint density at radius 1 is 1.26 bits per heavy atom. The Morgan fingerprint density at radius 2 is 2.09 bits per heavy atom. The van der Waals surface area contributed by atoms with Crippen molar-refractivity contribution in [3.8, 4) is 11.5 Å². The summed E-state index contributed by atoms with van der Waals surface area (Å²) < 4.78 is 11.1. The van der Waals surface area contributed by atoms with E-state index in [0.29, 0.717) is 19.6 Å². The Kier molecular flexibility index (Phi) is 5.18. The summed E-state index contributed by atoms with van der Waals surface area (Å²) in [6.45, 7) is 3.14. The van der Waals surface area contributed by atoms with Gasteiger partial charge in [0.25, 0.3) is 0 Å². The van der Waals surface area contributed by atoms with Crippen LogP contribution in [0.4, 0.5) is 0 Å². The highest BCUT2D eigenvalue weighted by Gasteiger charge is 2.15. The molecule has 0 fully saturated rings. The van der Waals surface area contributed by atoms with E-state index in [-0.39, 0.29) is 11.9 Å². The summed E-state index contributed by atoms with van der Waals surface area (Å²) in [4.78, 5) is 13.4. The van der Waals surface area contributed by atoms with E-state index in [1.54, 1.807) is 11.3 Å². The molecule has 0 radical (unpaired) electrons. The second-order valence-electron chi connectivity index (χ2n) is 5.63. The number of hydrogen-bond acceptors (Lipinski definition) is 4. The minimum Gasteiger partial charge on any atom is -0.486 e. The van der Waals surface area contributed by atoms with E-state index in [2.05, 4.69) is 16.8 Å². The molecule has 23 heavy (non-hydrogen) atoms. The fourth-order valence-electron chi connectivity index (χ4n) is 2.60. The van der Waals surface area contributed by atoms with Crippen molar-refractivity contribution in [2.45, 2.75) is 32.2 Å². The number of aryl methyl sites for hydroxylation is 1. The van der Waals surface area contributed by atoms with Gasteiger partial charge < -0.3 is 14.8 Å². The number of carbonyl (C=O) groups is 1. The lowest BCUT2D eigenvalue weighted by atomic mass is 10.1. The molecule has 122 valence electrons. The number of carbonyl (C=O) groups excluding carboxylic acids is 1. The fourth-order valence-corrected chi connectivity index (χ4v) is 3.36. The molecule has 1 aliphatic heterocycles. The Hall–Kier alpha value is -2.01. The summed E-state index contributed by atoms with van der Waals surface area (Å²) in [5.74, 6) is 1.62. The average molecular weight is 331 g/mol. The first-order valence-electron chi connectivity index (χ1n) is 7.93. The topological polar surface area (TPSA) is 47.6 Å². The maximum absolute atomic E-state index is 12.1. The third-order valence-corrected chi connectivity index (χ3v) is 4.79. The minimum atomic E-state index is -0.0416. The lowest BCUT2D eigenvalue weighted by Gasteiger charge is -2.21. The highest BCUT2D eigenvalue weighted by atomic mass is 32.1. The zero-order chi connectivity index (χ0) is 16.1. The van der Waals surface area contributed by atoms with Gasteiger partial charge in [-0.15, -0.1) is 11.3 Å². The first-order chi connectivity index (χ1) is 11.2. The van der Waals surface area contributed by atoms with Crippen LogP contribution in [0.15, 0.2) is 35.7 Å². The zero-order valence-electron chi connectivity index (χ0n) is 13.2. The van der Waals surface area contributed by atoms with Crippen molar-refractivity contribution in [1.29, 1.82) is 0 Å². The molecule has 1 amide bonds. The second-order valence-corrected chi connectivity index (χ2v) is 6.66. The van der Waals surface area contributed by atoms with Gasteiger partial charge in [0, 0.05) is 11.3 Å². The lowest BCUT2D eigenvalue weighted by Crippen LogP contribution is -2.26. The quantitative estimate of drug-likeness (QED) is 0.877. The van der Waals surface area contributed by atoms with Gasteiger partial charge in [0.05, 0.1) is 6.04 Å². The van der Waals surface area contributed by atoms with Crippen LogP contribution in [0.3, 0.4) is 0 Å². The average Bonchev–Trinajstić information content (AvgIpc) is 3.07. The van der Waals surface area contributed by atoms with Crippen molar-refractivity contribution in [3.05, 3.63) is 46.2 Å². The van der Waals surface area contributed by atoms with Gasteiger partial charge in [0.15, 0.2) is 11.5 Å². The van der Waals surface area contributed by atoms with Gasteiger partial charge >= 0.3 is 0 Å². The van der Waals surface area contributed by atoms with Crippen molar-refractivity contribution in [1.82, 2.24) is 5.32 Å². The smallest absolute Gasteiger partial charge is 0.220 e. The number of nitrogens with one attached hydrogen (secondary N) is 1. The molecular weight excluding hydrogens is 310 g/mol. The highest BCUT2D eigenvalue weighted by Crippen LogP contribution is 2.32. The summed E-state index contributed by atoms with van der Waals surface area (Å²) in [5.41, 5.74) is 1.03. The lowest BCUT2D eigenvalue weighted by molar-refractivity contribution is -0.121. The number of fused-ring (bicyclic) bond motifs is 1. The first-order valence-corrected chi connectivity index (χ1v) is 8.81. The molecule has 4 nitrogen and oxygen atoms in total. The minimum absolute atomic E-state index is 0.0416. The van der Waals surface area contributed by atoms with Crippen LogP contribution in [-0.4, -0.2) is 19.1 Å². The van der Waals surface area contributed by atoms with Gasteiger partial charge in [0.1, 0.15) is 13.2 Å². The molecule has 3 rings (SSSR count). The van der Waals surface area contributed by atoms with Crippen molar-refractivity contribution >= 4 is 17.2 Å². The van der Waals surface area contributed by atoms with Crippen LogP contribution >= 0.6 is 11.3 Å². The summed E-state index contributed by atoms with van der Waals surface area (Å²) in [7, 11) is 0. The molecule has 0 bridgehead atoms. The molecule has 0 spiro atoms. The van der Waals surface area contributed by atoms with Gasteiger partial charge in [-0.3, -0.25) is 4.79 Å². The van der Waals surface area contributed by atoms with E-state index in [4.69, 9.17) is 9.47 Å². The van der Waals surface area contributed by atoms with E-state index >= 15 is 0 Å². The van der Waals surface area contributed by atoms with Crippen LogP contribution in [0.5, 0.6) is 11.5 Å². The Morgan fingerprint density at radius 3 is 2.87 bits per heavy atom. The van der Waals surface area contributed by atoms with Gasteiger partial charge in [-0.1, -0.05) is 12.1 Å². The molecule has 0 saturated carbocycles. The second kappa shape index (κ2) is 7.51.